The summed E-state index contributed by atoms with van der Waals surface area (Å²) in [6, 6.07) is 9.67. The van der Waals surface area contributed by atoms with Crippen LogP contribution in [0, 0.1) is 0 Å². The van der Waals surface area contributed by atoms with Crippen LogP contribution in [-0.2, 0) is 16.1 Å². The fourth-order valence-corrected chi connectivity index (χ4v) is 2.07. The van der Waals surface area contributed by atoms with E-state index in [0.717, 1.165) is 17.1 Å². The number of carbonyl (C=O) groups excluding carboxylic acids is 1. The lowest BCUT2D eigenvalue weighted by molar-refractivity contribution is -0.137. The van der Waals surface area contributed by atoms with E-state index in [1.54, 1.807) is 20.2 Å². The number of hydrogen-bond donors (Lipinski definition) is 1. The van der Waals surface area contributed by atoms with Crippen molar-refractivity contribution in [1.29, 1.82) is 0 Å². The summed E-state index contributed by atoms with van der Waals surface area (Å²) in [4.78, 5) is 11.4. The molecule has 2 aromatic rings. The van der Waals surface area contributed by atoms with Gasteiger partial charge < -0.3 is 14.8 Å². The molecule has 23 heavy (non-hydrogen) atoms. The maximum Gasteiger partial charge on any atom is 0.332 e. The number of nitrogens with zero attached hydrogens (tertiary/aromatic N) is 2. The van der Waals surface area contributed by atoms with E-state index in [4.69, 9.17) is 9.47 Å². The molecule has 0 unspecified atom stereocenters. The summed E-state index contributed by atoms with van der Waals surface area (Å²) >= 11 is 0. The van der Waals surface area contributed by atoms with Gasteiger partial charge in [-0.15, -0.1) is 0 Å². The van der Waals surface area contributed by atoms with Crippen molar-refractivity contribution in [3.63, 3.8) is 0 Å². The summed E-state index contributed by atoms with van der Waals surface area (Å²) in [5.74, 6) is 1.26. The predicted molar refractivity (Wildman–Crippen MR) is 88.3 cm³/mol. The zero-order valence-corrected chi connectivity index (χ0v) is 13.6. The van der Waals surface area contributed by atoms with E-state index in [1.165, 1.54) is 6.08 Å². The van der Waals surface area contributed by atoms with Gasteiger partial charge in [0.1, 0.15) is 11.6 Å². The van der Waals surface area contributed by atoms with Crippen LogP contribution in [-0.4, -0.2) is 29.5 Å². The number of methoxy groups -OCH3 is 1. The predicted octanol–water partition coefficient (Wildman–Crippen LogP) is 2.82. The van der Waals surface area contributed by atoms with Crippen molar-refractivity contribution in [3.05, 3.63) is 53.9 Å². The number of aromatic nitrogens is 2. The van der Waals surface area contributed by atoms with Gasteiger partial charge in [0, 0.05) is 17.8 Å². The van der Waals surface area contributed by atoms with Crippen molar-refractivity contribution in [2.75, 3.05) is 19.0 Å². The van der Waals surface area contributed by atoms with Gasteiger partial charge in [-0.25, -0.2) is 9.48 Å². The summed E-state index contributed by atoms with van der Waals surface area (Å²) in [5.41, 5.74) is 1.80. The van der Waals surface area contributed by atoms with Gasteiger partial charge in [0.25, 0.3) is 0 Å². The minimum absolute atomic E-state index is 0.359. The van der Waals surface area contributed by atoms with Crippen LogP contribution in [0.4, 0.5) is 5.82 Å². The second-order valence-corrected chi connectivity index (χ2v) is 4.93. The average Bonchev–Trinajstić information content (AvgIpc) is 2.95. The summed E-state index contributed by atoms with van der Waals surface area (Å²) in [6.07, 6.45) is 3.14. The first-order chi connectivity index (χ1) is 11.1. The number of nitrogens with one attached hydrogen (secondary N) is 1. The first-order valence-electron chi connectivity index (χ1n) is 7.39. The molecule has 0 amide bonds. The molecular formula is C17H21N3O3. The number of benzene rings is 1. The van der Waals surface area contributed by atoms with E-state index >= 15 is 0 Å². The molecule has 0 aliphatic heterocycles. The lowest BCUT2D eigenvalue weighted by atomic mass is 10.2. The molecule has 0 saturated carbocycles. The third-order valence-electron chi connectivity index (χ3n) is 3.15. The molecular weight excluding hydrogens is 294 g/mol. The molecule has 2 rings (SSSR count). The van der Waals surface area contributed by atoms with Gasteiger partial charge in [-0.2, -0.15) is 5.10 Å². The van der Waals surface area contributed by atoms with Crippen LogP contribution in [0.15, 0.2) is 48.3 Å². The quantitative estimate of drug-likeness (QED) is 0.629. The highest BCUT2D eigenvalue weighted by Gasteiger charge is 2.05. The summed E-state index contributed by atoms with van der Waals surface area (Å²) in [5, 5.41) is 7.46. The molecule has 1 aromatic carbocycles. The van der Waals surface area contributed by atoms with Crippen LogP contribution >= 0.6 is 0 Å². The molecule has 0 spiro atoms. The van der Waals surface area contributed by atoms with Gasteiger partial charge in [-0.3, -0.25) is 0 Å². The second-order valence-electron chi connectivity index (χ2n) is 4.93. The van der Waals surface area contributed by atoms with Gasteiger partial charge in [0.15, 0.2) is 0 Å². The third-order valence-corrected chi connectivity index (χ3v) is 3.15. The molecule has 0 aliphatic carbocycles. The Labute approximate surface area is 135 Å². The maximum absolute atomic E-state index is 11.4. The number of allylic oxidation sites excluding steroid dienone is 1. The number of anilines is 1. The normalized spacial score (nSPS) is 11.2. The minimum atomic E-state index is -0.362. The number of carbonyl (C=O) groups is 1. The van der Waals surface area contributed by atoms with E-state index in [9.17, 15) is 4.79 Å². The molecule has 0 bridgehead atoms. The van der Waals surface area contributed by atoms with Crippen molar-refractivity contribution in [2.45, 2.75) is 20.4 Å². The molecule has 0 saturated heterocycles. The van der Waals surface area contributed by atoms with Gasteiger partial charge in [-0.05, 0) is 31.5 Å². The highest BCUT2D eigenvalue weighted by molar-refractivity contribution is 5.83. The monoisotopic (exact) mass is 315 g/mol. The Bertz CT molecular complexity index is 675. The molecule has 1 N–H and O–H groups in total. The minimum Gasteiger partial charge on any atom is -0.497 e. The van der Waals surface area contributed by atoms with Gasteiger partial charge >= 0.3 is 5.97 Å². The number of hydrogen-bond acceptors (Lipinski definition) is 5. The summed E-state index contributed by atoms with van der Waals surface area (Å²) < 4.78 is 11.9. The van der Waals surface area contributed by atoms with Crippen LogP contribution in [0.3, 0.4) is 0 Å². The lowest BCUT2D eigenvalue weighted by Crippen LogP contribution is -2.09. The fraction of sp³-hybridized carbons (Fsp3) is 0.294. The van der Waals surface area contributed by atoms with E-state index in [1.807, 2.05) is 41.9 Å². The summed E-state index contributed by atoms with van der Waals surface area (Å²) in [7, 11) is 1.64. The smallest absolute Gasteiger partial charge is 0.332 e. The van der Waals surface area contributed by atoms with Crippen molar-refractivity contribution in [1.82, 2.24) is 9.78 Å². The average molecular weight is 315 g/mol. The van der Waals surface area contributed by atoms with Crippen LogP contribution in [0.2, 0.25) is 0 Å². The largest absolute Gasteiger partial charge is 0.497 e. The highest BCUT2D eigenvalue weighted by Crippen LogP contribution is 2.15. The van der Waals surface area contributed by atoms with Crippen LogP contribution in [0.5, 0.6) is 5.75 Å². The maximum atomic E-state index is 11.4. The Morgan fingerprint density at radius 1 is 1.30 bits per heavy atom. The molecule has 0 fully saturated rings. The molecule has 6 nitrogen and oxygen atoms in total. The first-order valence-corrected chi connectivity index (χ1v) is 7.39. The fourth-order valence-electron chi connectivity index (χ4n) is 2.07. The van der Waals surface area contributed by atoms with E-state index < -0.39 is 0 Å². The topological polar surface area (TPSA) is 65.4 Å². The molecule has 0 radical (unpaired) electrons. The molecule has 1 heterocycles. The number of rotatable bonds is 7. The van der Waals surface area contributed by atoms with E-state index in [-0.39, 0.29) is 5.97 Å². The summed E-state index contributed by atoms with van der Waals surface area (Å²) in [6.45, 7) is 4.56. The Hall–Kier alpha value is -2.76. The van der Waals surface area contributed by atoms with Crippen molar-refractivity contribution >= 4 is 11.8 Å². The van der Waals surface area contributed by atoms with Crippen LogP contribution in [0.1, 0.15) is 19.4 Å². The highest BCUT2D eigenvalue weighted by atomic mass is 16.5. The van der Waals surface area contributed by atoms with Gasteiger partial charge in [0.05, 0.1) is 26.5 Å². The van der Waals surface area contributed by atoms with Crippen molar-refractivity contribution in [2.24, 2.45) is 0 Å². The number of esters is 1. The molecule has 122 valence electrons. The first kappa shape index (κ1) is 16.6. The Balaban J connectivity index is 2.05. The lowest BCUT2D eigenvalue weighted by Gasteiger charge is -2.10. The zero-order valence-electron chi connectivity index (χ0n) is 13.6. The molecule has 1 aromatic heterocycles. The third kappa shape index (κ3) is 4.88. The van der Waals surface area contributed by atoms with Crippen LogP contribution in [0.25, 0.3) is 0 Å². The zero-order chi connectivity index (χ0) is 16.7. The van der Waals surface area contributed by atoms with Gasteiger partial charge in [-0.1, -0.05) is 12.1 Å². The standard InChI is InChI=1S/C17H21N3O3/c1-4-23-17(21)11-13(2)19-16-9-10-18-20(16)12-14-5-7-15(22-3)8-6-14/h5-11,19H,4,12H2,1-3H3/b13-11+. The van der Waals surface area contributed by atoms with Crippen molar-refractivity contribution < 1.29 is 14.3 Å². The van der Waals surface area contributed by atoms with Crippen molar-refractivity contribution in [3.8, 4) is 5.75 Å². The number of ether oxygens (including phenoxy) is 2. The SMILES string of the molecule is CCOC(=O)/C=C(\C)Nc1ccnn1Cc1ccc(OC)cc1. The van der Waals surface area contributed by atoms with Gasteiger partial charge in [0.2, 0.25) is 0 Å². The second kappa shape index (κ2) is 8.03. The Kier molecular flexibility index (Phi) is 5.80. The molecule has 6 heteroatoms. The molecule has 0 atom stereocenters. The Morgan fingerprint density at radius 2 is 2.04 bits per heavy atom. The Morgan fingerprint density at radius 3 is 2.70 bits per heavy atom. The molecule has 0 aliphatic rings. The van der Waals surface area contributed by atoms with Crippen LogP contribution < -0.4 is 10.1 Å². The van der Waals surface area contributed by atoms with E-state index in [2.05, 4.69) is 10.4 Å². The van der Waals surface area contributed by atoms with E-state index in [0.29, 0.717) is 18.8 Å².